The number of Topliss-reactive ketones (excluding diaryl/α,β-unsaturated/α-hetero) is 1. The van der Waals surface area contributed by atoms with Crippen molar-refractivity contribution in [1.82, 2.24) is 0 Å². The maximum Gasteiger partial charge on any atom is 0.407 e. The van der Waals surface area contributed by atoms with Crippen LogP contribution >= 0.6 is 23.2 Å². The van der Waals surface area contributed by atoms with Gasteiger partial charge < -0.3 is 0 Å². The highest BCUT2D eigenvalue weighted by Gasteiger charge is 2.61. The summed E-state index contributed by atoms with van der Waals surface area (Å²) in [4.78, 5) is 11.4. The average Bonchev–Trinajstić information content (AvgIpc) is 2.17. The topological polar surface area (TPSA) is 17.1 Å². The van der Waals surface area contributed by atoms with Crippen LogP contribution in [0.3, 0.4) is 0 Å². The van der Waals surface area contributed by atoms with Crippen molar-refractivity contribution in [3.8, 4) is 0 Å². The predicted octanol–water partition coefficient (Wildman–Crippen LogP) is 4.92. The van der Waals surface area contributed by atoms with Crippen molar-refractivity contribution < 1.29 is 31.1 Å². The van der Waals surface area contributed by atoms with Crippen molar-refractivity contribution >= 4 is 29.0 Å². The number of carbonyl (C=O) groups excluding carboxylic acids is 1. The lowest BCUT2D eigenvalue weighted by Crippen LogP contribution is -2.42. The third-order valence-corrected chi connectivity index (χ3v) is 2.95. The highest BCUT2D eigenvalue weighted by molar-refractivity contribution is 6.44. The number of hydrogen-bond acceptors (Lipinski definition) is 1. The quantitative estimate of drug-likeness (QED) is 0.557. The Balaban J connectivity index is 3.33. The zero-order chi connectivity index (χ0) is 15.0. The van der Waals surface area contributed by atoms with Crippen LogP contribution in [0.5, 0.6) is 0 Å². The van der Waals surface area contributed by atoms with E-state index >= 15 is 0 Å². The van der Waals surface area contributed by atoms with E-state index in [4.69, 9.17) is 23.2 Å². The fourth-order valence-corrected chi connectivity index (χ4v) is 1.73. The van der Waals surface area contributed by atoms with E-state index < -0.39 is 34.6 Å². The van der Waals surface area contributed by atoms with Gasteiger partial charge in [-0.2, -0.15) is 26.3 Å². The van der Waals surface area contributed by atoms with Crippen molar-refractivity contribution in [3.05, 3.63) is 33.8 Å². The number of hydrogen-bond donors (Lipinski definition) is 0. The van der Waals surface area contributed by atoms with Crippen molar-refractivity contribution in [3.63, 3.8) is 0 Å². The molecule has 0 spiro atoms. The molecule has 0 unspecified atom stereocenters. The molecule has 1 rings (SSSR count). The zero-order valence-corrected chi connectivity index (χ0v) is 10.3. The van der Waals surface area contributed by atoms with E-state index in [1.54, 1.807) is 0 Å². The molecule has 1 aromatic rings. The van der Waals surface area contributed by atoms with E-state index in [1.807, 2.05) is 0 Å². The number of carbonyl (C=O) groups is 1. The number of alkyl halides is 6. The second-order valence-corrected chi connectivity index (χ2v) is 4.27. The summed E-state index contributed by atoms with van der Waals surface area (Å²) in [5, 5.41) is -0.955. The van der Waals surface area contributed by atoms with Gasteiger partial charge in [0, 0.05) is 5.56 Å². The van der Waals surface area contributed by atoms with Gasteiger partial charge >= 0.3 is 12.4 Å². The number of halogens is 8. The van der Waals surface area contributed by atoms with Crippen molar-refractivity contribution in [2.75, 3.05) is 0 Å². The molecule has 0 bridgehead atoms. The van der Waals surface area contributed by atoms with Crippen LogP contribution in [0, 0.1) is 5.92 Å². The Bertz CT molecular complexity index is 480. The molecule has 0 heterocycles. The highest BCUT2D eigenvalue weighted by atomic mass is 35.5. The molecule has 0 saturated carbocycles. The van der Waals surface area contributed by atoms with Gasteiger partial charge in [0.25, 0.3) is 0 Å². The molecule has 0 amide bonds. The smallest absolute Gasteiger partial charge is 0.293 e. The van der Waals surface area contributed by atoms with Gasteiger partial charge in [-0.05, 0) is 12.1 Å². The molecule has 19 heavy (non-hydrogen) atoms. The van der Waals surface area contributed by atoms with Gasteiger partial charge in [-0.1, -0.05) is 29.3 Å². The molecule has 0 aromatic heterocycles. The fraction of sp³-hybridized carbons (Fsp3) is 0.300. The first-order valence-electron chi connectivity index (χ1n) is 4.58. The maximum absolute atomic E-state index is 12.4. The van der Waals surface area contributed by atoms with Crippen LogP contribution in [-0.4, -0.2) is 18.1 Å². The van der Waals surface area contributed by atoms with E-state index in [0.717, 1.165) is 18.2 Å². The van der Waals surface area contributed by atoms with Gasteiger partial charge in [-0.3, -0.25) is 4.79 Å². The predicted molar refractivity (Wildman–Crippen MR) is 56.4 cm³/mol. The summed E-state index contributed by atoms with van der Waals surface area (Å²) in [5.41, 5.74) is -0.922. The molecule has 106 valence electrons. The van der Waals surface area contributed by atoms with Crippen molar-refractivity contribution in [1.29, 1.82) is 0 Å². The molecule has 0 atom stereocenters. The Kier molecular flexibility index (Phi) is 4.41. The van der Waals surface area contributed by atoms with Crippen LogP contribution in [0.25, 0.3) is 0 Å². The average molecular weight is 325 g/mol. The van der Waals surface area contributed by atoms with Crippen LogP contribution < -0.4 is 0 Å². The van der Waals surface area contributed by atoms with Crippen LogP contribution in [0.2, 0.25) is 10.0 Å². The molecule has 0 aliphatic rings. The zero-order valence-electron chi connectivity index (χ0n) is 8.74. The lowest BCUT2D eigenvalue weighted by atomic mass is 9.96. The summed E-state index contributed by atoms with van der Waals surface area (Å²) >= 11 is 10.9. The molecular weight excluding hydrogens is 321 g/mol. The fourth-order valence-electron chi connectivity index (χ4n) is 1.33. The molecule has 1 nitrogen and oxygen atoms in total. The molecule has 9 heteroatoms. The minimum absolute atomic E-state index is 0.310. The summed E-state index contributed by atoms with van der Waals surface area (Å²) in [6.45, 7) is 0. The molecule has 1 aromatic carbocycles. The van der Waals surface area contributed by atoms with E-state index in [2.05, 4.69) is 0 Å². The normalized spacial score (nSPS) is 12.9. The summed E-state index contributed by atoms with van der Waals surface area (Å²) in [5.74, 6) is -6.32. The monoisotopic (exact) mass is 324 g/mol. The van der Waals surface area contributed by atoms with Crippen LogP contribution in [0.4, 0.5) is 26.3 Å². The lowest BCUT2D eigenvalue weighted by molar-refractivity contribution is -0.264. The summed E-state index contributed by atoms with van der Waals surface area (Å²) in [6.07, 6.45) is -11.5. The summed E-state index contributed by atoms with van der Waals surface area (Å²) < 4.78 is 74.2. The Labute approximate surface area is 113 Å². The number of ketones is 1. The minimum Gasteiger partial charge on any atom is -0.293 e. The van der Waals surface area contributed by atoms with E-state index in [-0.39, 0.29) is 5.02 Å². The van der Waals surface area contributed by atoms with Gasteiger partial charge in [0.1, 0.15) is 0 Å². The van der Waals surface area contributed by atoms with Crippen LogP contribution in [0.1, 0.15) is 10.4 Å². The third kappa shape index (κ3) is 3.54. The Morgan fingerprint density at radius 2 is 1.47 bits per heavy atom. The molecule has 0 aliphatic heterocycles. The molecule has 0 N–H and O–H groups in total. The minimum atomic E-state index is -5.76. The molecule has 0 fully saturated rings. The molecule has 0 radical (unpaired) electrons. The van der Waals surface area contributed by atoms with Crippen molar-refractivity contribution in [2.24, 2.45) is 5.92 Å². The van der Waals surface area contributed by atoms with E-state index in [9.17, 15) is 31.1 Å². The number of rotatable bonds is 2. The Hall–Kier alpha value is -0.950. The standard InChI is InChI=1S/C10H4Cl2F6O/c11-5-3-1-2-4(6(5)12)7(19)8(9(13,14)15)10(16,17)18/h1-3,8H. The largest absolute Gasteiger partial charge is 0.407 e. The molecule has 0 aliphatic carbocycles. The van der Waals surface area contributed by atoms with E-state index in [0.29, 0.717) is 0 Å². The third-order valence-electron chi connectivity index (χ3n) is 2.13. The van der Waals surface area contributed by atoms with E-state index in [1.165, 1.54) is 0 Å². The van der Waals surface area contributed by atoms with Gasteiger partial charge in [0.15, 0.2) is 5.78 Å². The number of benzene rings is 1. The molecular formula is C10H4Cl2F6O. The van der Waals surface area contributed by atoms with Gasteiger partial charge in [0.05, 0.1) is 10.0 Å². The van der Waals surface area contributed by atoms with Gasteiger partial charge in [0.2, 0.25) is 5.92 Å². The second-order valence-electron chi connectivity index (χ2n) is 3.48. The van der Waals surface area contributed by atoms with Gasteiger partial charge in [-0.25, -0.2) is 0 Å². The Morgan fingerprint density at radius 3 is 1.89 bits per heavy atom. The Morgan fingerprint density at radius 1 is 1.00 bits per heavy atom. The lowest BCUT2D eigenvalue weighted by Gasteiger charge is -2.22. The highest BCUT2D eigenvalue weighted by Crippen LogP contribution is 2.42. The van der Waals surface area contributed by atoms with Crippen LogP contribution in [0.15, 0.2) is 18.2 Å². The van der Waals surface area contributed by atoms with Crippen LogP contribution in [-0.2, 0) is 0 Å². The molecule has 0 saturated heterocycles. The van der Waals surface area contributed by atoms with Crippen molar-refractivity contribution in [2.45, 2.75) is 12.4 Å². The first-order chi connectivity index (χ1) is 8.46. The summed E-state index contributed by atoms with van der Waals surface area (Å²) in [6, 6.07) is 2.92. The summed E-state index contributed by atoms with van der Waals surface area (Å²) in [7, 11) is 0. The second kappa shape index (κ2) is 5.20. The first kappa shape index (κ1) is 16.1. The maximum atomic E-state index is 12.4. The SMILES string of the molecule is O=C(c1cccc(Cl)c1Cl)C(C(F)(F)F)C(F)(F)F. The van der Waals surface area contributed by atoms with Gasteiger partial charge in [-0.15, -0.1) is 0 Å². The first-order valence-corrected chi connectivity index (χ1v) is 5.33.